The number of pyridine rings is 1. The second-order valence-corrected chi connectivity index (χ2v) is 5.50. The van der Waals surface area contributed by atoms with E-state index in [0.717, 1.165) is 4.90 Å². The van der Waals surface area contributed by atoms with Crippen LogP contribution in [0, 0.1) is 17.5 Å². The quantitative estimate of drug-likeness (QED) is 0.853. The predicted octanol–water partition coefficient (Wildman–Crippen LogP) is 3.28. The van der Waals surface area contributed by atoms with Gasteiger partial charge < -0.3 is 0 Å². The monoisotopic (exact) mass is 310 g/mol. The fraction of sp³-hybridized carbons (Fsp3) is 0.143. The number of benzene rings is 1. The maximum atomic E-state index is 13.9. The zero-order chi connectivity index (χ0) is 15.0. The van der Waals surface area contributed by atoms with Crippen molar-refractivity contribution in [3.63, 3.8) is 0 Å². The van der Waals surface area contributed by atoms with Crippen molar-refractivity contribution in [3.8, 4) is 0 Å². The molecule has 1 aromatic carbocycles. The highest BCUT2D eigenvalue weighted by molar-refractivity contribution is 8.00. The Kier molecular flexibility index (Phi) is 3.59. The summed E-state index contributed by atoms with van der Waals surface area (Å²) in [6.45, 7) is 0. The van der Waals surface area contributed by atoms with E-state index in [9.17, 15) is 18.0 Å². The predicted molar refractivity (Wildman–Crippen MR) is 73.2 cm³/mol. The van der Waals surface area contributed by atoms with Crippen molar-refractivity contribution in [2.75, 3.05) is 10.7 Å². The van der Waals surface area contributed by atoms with Crippen LogP contribution < -0.4 is 4.90 Å². The van der Waals surface area contributed by atoms with E-state index in [4.69, 9.17) is 0 Å². The third-order valence-corrected chi connectivity index (χ3v) is 4.27. The van der Waals surface area contributed by atoms with Crippen LogP contribution in [0.25, 0.3) is 0 Å². The summed E-state index contributed by atoms with van der Waals surface area (Å²) in [5.41, 5.74) is 0.122. The molecule has 1 amide bonds. The minimum atomic E-state index is -1.10. The smallest absolute Gasteiger partial charge is 0.238 e. The van der Waals surface area contributed by atoms with Gasteiger partial charge in [0.15, 0.2) is 11.6 Å². The summed E-state index contributed by atoms with van der Waals surface area (Å²) in [5.74, 6) is -3.56. The second kappa shape index (κ2) is 5.40. The summed E-state index contributed by atoms with van der Waals surface area (Å²) in [5, 5.41) is -0.583. The van der Waals surface area contributed by atoms with Gasteiger partial charge >= 0.3 is 0 Å². The van der Waals surface area contributed by atoms with Crippen molar-refractivity contribution < 1.29 is 18.0 Å². The van der Waals surface area contributed by atoms with Crippen molar-refractivity contribution in [1.29, 1.82) is 0 Å². The Hall–Kier alpha value is -2.02. The molecule has 2 heterocycles. The van der Waals surface area contributed by atoms with E-state index in [2.05, 4.69) is 4.98 Å². The Morgan fingerprint density at radius 2 is 1.95 bits per heavy atom. The third-order valence-electron chi connectivity index (χ3n) is 3.06. The highest BCUT2D eigenvalue weighted by atomic mass is 32.2. The highest BCUT2D eigenvalue weighted by Crippen LogP contribution is 2.43. The van der Waals surface area contributed by atoms with Crippen LogP contribution in [-0.4, -0.2) is 16.6 Å². The molecule has 1 aliphatic heterocycles. The van der Waals surface area contributed by atoms with Crippen molar-refractivity contribution in [1.82, 2.24) is 4.98 Å². The Morgan fingerprint density at radius 3 is 2.57 bits per heavy atom. The molecule has 1 aliphatic rings. The fourth-order valence-corrected chi connectivity index (χ4v) is 3.34. The first-order valence-electron chi connectivity index (χ1n) is 6.06. The molecule has 108 valence electrons. The minimum absolute atomic E-state index is 0.0931. The molecule has 1 fully saturated rings. The number of halogens is 3. The third kappa shape index (κ3) is 2.49. The number of thioether (sulfide) groups is 1. The largest absolute Gasteiger partial charge is 0.290 e. The van der Waals surface area contributed by atoms with Gasteiger partial charge in [-0.15, -0.1) is 11.8 Å². The van der Waals surface area contributed by atoms with E-state index in [-0.39, 0.29) is 5.75 Å². The average molecular weight is 310 g/mol. The summed E-state index contributed by atoms with van der Waals surface area (Å²) in [6, 6.07) is 4.52. The first-order valence-corrected chi connectivity index (χ1v) is 7.11. The van der Waals surface area contributed by atoms with Gasteiger partial charge in [0.25, 0.3) is 0 Å². The number of hydrogen-bond acceptors (Lipinski definition) is 3. The number of nitrogens with zero attached hydrogens (tertiary/aromatic N) is 2. The summed E-state index contributed by atoms with van der Waals surface area (Å²) >= 11 is 1.24. The van der Waals surface area contributed by atoms with Crippen LogP contribution in [0.2, 0.25) is 0 Å². The lowest BCUT2D eigenvalue weighted by Crippen LogP contribution is -2.29. The van der Waals surface area contributed by atoms with Gasteiger partial charge in [-0.3, -0.25) is 14.7 Å². The van der Waals surface area contributed by atoms with Crippen LogP contribution in [-0.2, 0) is 4.79 Å². The lowest BCUT2D eigenvalue weighted by Gasteiger charge is -2.24. The number of carbonyl (C=O) groups is 1. The van der Waals surface area contributed by atoms with E-state index in [1.54, 1.807) is 18.3 Å². The van der Waals surface area contributed by atoms with Crippen LogP contribution in [0.3, 0.4) is 0 Å². The van der Waals surface area contributed by atoms with Gasteiger partial charge in [0.2, 0.25) is 5.91 Å². The fourth-order valence-electron chi connectivity index (χ4n) is 2.20. The van der Waals surface area contributed by atoms with Crippen LogP contribution in [0.1, 0.15) is 10.9 Å². The summed E-state index contributed by atoms with van der Waals surface area (Å²) < 4.78 is 40.9. The minimum Gasteiger partial charge on any atom is -0.290 e. The van der Waals surface area contributed by atoms with E-state index in [1.807, 2.05) is 0 Å². The molecular formula is C14H9F3N2OS. The molecule has 0 saturated carbocycles. The molecule has 7 heteroatoms. The van der Waals surface area contributed by atoms with E-state index >= 15 is 0 Å². The standard InChI is InChI=1S/C14H9F3N2OS/c15-9-4-10(16)13(11(17)5-9)19-12(20)7-21-14(19)8-2-1-3-18-6-8/h1-6,14H,7H2/t14-/m1/s1. The molecule has 2 aromatic rings. The van der Waals surface area contributed by atoms with Gasteiger partial charge in [-0.25, -0.2) is 13.2 Å². The maximum Gasteiger partial charge on any atom is 0.238 e. The van der Waals surface area contributed by atoms with Crippen LogP contribution in [0.15, 0.2) is 36.7 Å². The van der Waals surface area contributed by atoms with Gasteiger partial charge in [-0.2, -0.15) is 0 Å². The van der Waals surface area contributed by atoms with Crippen LogP contribution in [0.4, 0.5) is 18.9 Å². The first-order chi connectivity index (χ1) is 10.1. The zero-order valence-electron chi connectivity index (χ0n) is 10.6. The number of aromatic nitrogens is 1. The van der Waals surface area contributed by atoms with Gasteiger partial charge in [0, 0.05) is 30.1 Å². The number of carbonyl (C=O) groups excluding carboxylic acids is 1. The molecule has 3 nitrogen and oxygen atoms in total. The SMILES string of the molecule is O=C1CS[C@H](c2cccnc2)N1c1c(F)cc(F)cc1F. The lowest BCUT2D eigenvalue weighted by molar-refractivity contribution is -0.115. The van der Waals surface area contributed by atoms with Crippen molar-refractivity contribution in [3.05, 3.63) is 59.7 Å². The molecule has 0 N–H and O–H groups in total. The summed E-state index contributed by atoms with van der Waals surface area (Å²) in [7, 11) is 0. The van der Waals surface area contributed by atoms with Gasteiger partial charge in [-0.1, -0.05) is 6.07 Å². The Bertz CT molecular complexity index is 673. The highest BCUT2D eigenvalue weighted by Gasteiger charge is 2.37. The lowest BCUT2D eigenvalue weighted by atomic mass is 10.2. The zero-order valence-corrected chi connectivity index (χ0v) is 11.4. The molecule has 1 aromatic heterocycles. The van der Waals surface area contributed by atoms with Crippen molar-refractivity contribution >= 4 is 23.4 Å². The Labute approximate surface area is 122 Å². The number of hydrogen-bond donors (Lipinski definition) is 0. The maximum absolute atomic E-state index is 13.9. The van der Waals surface area contributed by atoms with Gasteiger partial charge in [0.1, 0.15) is 16.9 Å². The molecule has 3 rings (SSSR count). The Morgan fingerprint density at radius 1 is 1.24 bits per heavy atom. The molecule has 1 saturated heterocycles. The van der Waals surface area contributed by atoms with E-state index < -0.39 is 34.4 Å². The average Bonchev–Trinajstić information content (AvgIpc) is 2.81. The number of amides is 1. The summed E-state index contributed by atoms with van der Waals surface area (Å²) in [6.07, 6.45) is 3.09. The Balaban J connectivity index is 2.09. The number of anilines is 1. The molecule has 0 aliphatic carbocycles. The van der Waals surface area contributed by atoms with Crippen LogP contribution >= 0.6 is 11.8 Å². The molecule has 1 atom stereocenters. The first kappa shape index (κ1) is 13.9. The van der Waals surface area contributed by atoms with E-state index in [0.29, 0.717) is 17.7 Å². The van der Waals surface area contributed by atoms with Crippen LogP contribution in [0.5, 0.6) is 0 Å². The van der Waals surface area contributed by atoms with Crippen molar-refractivity contribution in [2.45, 2.75) is 5.37 Å². The van der Waals surface area contributed by atoms with Crippen molar-refractivity contribution in [2.24, 2.45) is 0 Å². The van der Waals surface area contributed by atoms with Gasteiger partial charge in [-0.05, 0) is 6.07 Å². The molecule has 0 unspecified atom stereocenters. The number of rotatable bonds is 2. The molecule has 0 spiro atoms. The molecule has 21 heavy (non-hydrogen) atoms. The summed E-state index contributed by atoms with van der Waals surface area (Å²) in [4.78, 5) is 17.0. The molecular weight excluding hydrogens is 301 g/mol. The van der Waals surface area contributed by atoms with E-state index in [1.165, 1.54) is 18.0 Å². The normalized spacial score (nSPS) is 18.3. The topological polar surface area (TPSA) is 33.2 Å². The molecule has 0 bridgehead atoms. The van der Waals surface area contributed by atoms with Gasteiger partial charge in [0.05, 0.1) is 5.75 Å². The second-order valence-electron chi connectivity index (χ2n) is 4.43. The molecule has 0 radical (unpaired) electrons.